The van der Waals surface area contributed by atoms with E-state index in [0.29, 0.717) is 25.0 Å². The first-order valence-electron chi connectivity index (χ1n) is 6.53. The molecular weight excluding hydrogens is 283 g/mol. The number of nitrogen functional groups attached to an aromatic ring is 1. The first-order valence-corrected chi connectivity index (χ1v) is 8.01. The number of sulfonamides is 1. The van der Waals surface area contributed by atoms with Crippen molar-refractivity contribution < 1.29 is 17.5 Å². The Kier molecular flexibility index (Phi) is 4.31. The number of ether oxygens (including phenoxy) is 1. The molecular formula is C13H19FN2O3S. The second-order valence-corrected chi connectivity index (χ2v) is 6.69. The number of nitrogens with two attached hydrogens (primary N) is 1. The lowest BCUT2D eigenvalue weighted by Crippen LogP contribution is -2.47. The van der Waals surface area contributed by atoms with Crippen LogP contribution in [-0.2, 0) is 14.8 Å². The standard InChI is InChI=1S/C13H19FN2O3S/c1-3-19-10-5-9(6-10)16-20(17,18)13-7-12(15)11(14)4-8(13)2/h4,7,9-10,16H,3,5-6,15H2,1-2H3. The van der Waals surface area contributed by atoms with Crippen molar-refractivity contribution >= 4 is 15.7 Å². The fourth-order valence-corrected chi connectivity index (χ4v) is 3.80. The van der Waals surface area contributed by atoms with Crippen molar-refractivity contribution in [2.45, 2.75) is 43.7 Å². The summed E-state index contributed by atoms with van der Waals surface area (Å²) in [6, 6.07) is 2.15. The first-order chi connectivity index (χ1) is 9.33. The molecule has 7 heteroatoms. The molecule has 1 aliphatic carbocycles. The third kappa shape index (κ3) is 3.11. The summed E-state index contributed by atoms with van der Waals surface area (Å²) in [4.78, 5) is 0.0243. The molecule has 0 aromatic heterocycles. The summed E-state index contributed by atoms with van der Waals surface area (Å²) in [5, 5.41) is 0. The van der Waals surface area contributed by atoms with Gasteiger partial charge in [0.1, 0.15) is 5.82 Å². The van der Waals surface area contributed by atoms with Gasteiger partial charge in [0.2, 0.25) is 10.0 Å². The minimum Gasteiger partial charge on any atom is -0.396 e. The molecule has 3 N–H and O–H groups in total. The molecule has 20 heavy (non-hydrogen) atoms. The van der Waals surface area contributed by atoms with Crippen molar-refractivity contribution in [3.05, 3.63) is 23.5 Å². The van der Waals surface area contributed by atoms with Gasteiger partial charge in [-0.15, -0.1) is 0 Å². The number of nitrogens with one attached hydrogen (secondary N) is 1. The molecule has 0 heterocycles. The highest BCUT2D eigenvalue weighted by Gasteiger charge is 2.33. The number of rotatable bonds is 5. The van der Waals surface area contributed by atoms with E-state index in [9.17, 15) is 12.8 Å². The largest absolute Gasteiger partial charge is 0.396 e. The van der Waals surface area contributed by atoms with Crippen molar-refractivity contribution in [1.82, 2.24) is 4.72 Å². The molecule has 0 saturated heterocycles. The van der Waals surface area contributed by atoms with Crippen LogP contribution < -0.4 is 10.5 Å². The van der Waals surface area contributed by atoms with Crippen LogP contribution in [0.5, 0.6) is 0 Å². The third-order valence-electron chi connectivity index (χ3n) is 3.40. The van der Waals surface area contributed by atoms with Crippen LogP contribution in [0, 0.1) is 12.7 Å². The van der Waals surface area contributed by atoms with Crippen molar-refractivity contribution in [2.24, 2.45) is 0 Å². The molecule has 5 nitrogen and oxygen atoms in total. The Morgan fingerprint density at radius 1 is 1.45 bits per heavy atom. The molecule has 0 aliphatic heterocycles. The molecule has 1 aromatic carbocycles. The lowest BCUT2D eigenvalue weighted by Gasteiger charge is -2.35. The molecule has 0 amide bonds. The fraction of sp³-hybridized carbons (Fsp3) is 0.538. The fourth-order valence-electron chi connectivity index (χ4n) is 2.27. The minimum atomic E-state index is -3.68. The van der Waals surface area contributed by atoms with Crippen LogP contribution in [-0.4, -0.2) is 27.2 Å². The average Bonchev–Trinajstić information content (AvgIpc) is 2.31. The molecule has 0 atom stereocenters. The van der Waals surface area contributed by atoms with Crippen LogP contribution in [0.15, 0.2) is 17.0 Å². The lowest BCUT2D eigenvalue weighted by atomic mass is 9.90. The summed E-state index contributed by atoms with van der Waals surface area (Å²) >= 11 is 0. The zero-order chi connectivity index (χ0) is 14.9. The molecule has 1 aliphatic rings. The second kappa shape index (κ2) is 5.67. The van der Waals surface area contributed by atoms with Crippen LogP contribution >= 0.6 is 0 Å². The number of hydrogen-bond donors (Lipinski definition) is 2. The second-order valence-electron chi connectivity index (χ2n) is 5.01. The predicted molar refractivity (Wildman–Crippen MR) is 74.3 cm³/mol. The normalized spacial score (nSPS) is 22.6. The van der Waals surface area contributed by atoms with Gasteiger partial charge in [0, 0.05) is 12.6 Å². The van der Waals surface area contributed by atoms with E-state index in [1.807, 2.05) is 6.92 Å². The molecule has 112 valence electrons. The summed E-state index contributed by atoms with van der Waals surface area (Å²) in [5.74, 6) is -0.610. The number of halogens is 1. The van der Waals surface area contributed by atoms with E-state index in [0.717, 1.165) is 12.1 Å². The van der Waals surface area contributed by atoms with Gasteiger partial charge >= 0.3 is 0 Å². The third-order valence-corrected chi connectivity index (χ3v) is 5.07. The van der Waals surface area contributed by atoms with Crippen molar-refractivity contribution in [3.8, 4) is 0 Å². The highest BCUT2D eigenvalue weighted by molar-refractivity contribution is 7.89. The number of anilines is 1. The summed E-state index contributed by atoms with van der Waals surface area (Å²) in [7, 11) is -3.68. The maximum atomic E-state index is 13.3. The molecule has 1 aromatic rings. The number of hydrogen-bond acceptors (Lipinski definition) is 4. The molecule has 2 rings (SSSR count). The van der Waals surface area contributed by atoms with E-state index in [-0.39, 0.29) is 22.7 Å². The predicted octanol–water partition coefficient (Wildman–Crippen LogP) is 1.56. The molecule has 0 spiro atoms. The summed E-state index contributed by atoms with van der Waals surface area (Å²) in [5.41, 5.74) is 5.61. The van der Waals surface area contributed by atoms with Crippen LogP contribution in [0.4, 0.5) is 10.1 Å². The van der Waals surface area contributed by atoms with Crippen LogP contribution in [0.2, 0.25) is 0 Å². The Morgan fingerprint density at radius 3 is 2.70 bits per heavy atom. The van der Waals surface area contributed by atoms with E-state index < -0.39 is 15.8 Å². The van der Waals surface area contributed by atoms with Gasteiger partial charge in [-0.25, -0.2) is 17.5 Å². The number of aryl methyl sites for hydroxylation is 1. The highest BCUT2D eigenvalue weighted by atomic mass is 32.2. The molecule has 1 fully saturated rings. The van der Waals surface area contributed by atoms with Gasteiger partial charge in [0.05, 0.1) is 16.7 Å². The SMILES string of the molecule is CCOC1CC(NS(=O)(=O)c2cc(N)c(F)cc2C)C1. The van der Waals surface area contributed by atoms with Crippen molar-refractivity contribution in [3.63, 3.8) is 0 Å². The Hall–Kier alpha value is -1.18. The first kappa shape index (κ1) is 15.2. The monoisotopic (exact) mass is 302 g/mol. The van der Waals surface area contributed by atoms with Crippen LogP contribution in [0.1, 0.15) is 25.3 Å². The van der Waals surface area contributed by atoms with E-state index in [1.165, 1.54) is 0 Å². The molecule has 0 unspecified atom stereocenters. The van der Waals surface area contributed by atoms with E-state index in [4.69, 9.17) is 10.5 Å². The van der Waals surface area contributed by atoms with E-state index in [2.05, 4.69) is 4.72 Å². The number of benzene rings is 1. The Bertz CT molecular complexity index is 598. The van der Waals surface area contributed by atoms with Crippen LogP contribution in [0.25, 0.3) is 0 Å². The van der Waals surface area contributed by atoms with Gasteiger partial charge in [0.25, 0.3) is 0 Å². The minimum absolute atomic E-state index is 0.0243. The van der Waals surface area contributed by atoms with E-state index >= 15 is 0 Å². The zero-order valence-electron chi connectivity index (χ0n) is 11.5. The van der Waals surface area contributed by atoms with Gasteiger partial charge in [-0.2, -0.15) is 0 Å². The molecule has 0 bridgehead atoms. The van der Waals surface area contributed by atoms with Gasteiger partial charge in [-0.05, 0) is 44.4 Å². The maximum Gasteiger partial charge on any atom is 0.241 e. The Balaban J connectivity index is 2.10. The van der Waals surface area contributed by atoms with Crippen LogP contribution in [0.3, 0.4) is 0 Å². The average molecular weight is 302 g/mol. The lowest BCUT2D eigenvalue weighted by molar-refractivity contribution is -0.00475. The van der Waals surface area contributed by atoms with Gasteiger partial charge in [-0.1, -0.05) is 0 Å². The molecule has 1 saturated carbocycles. The van der Waals surface area contributed by atoms with Gasteiger partial charge in [-0.3, -0.25) is 0 Å². The van der Waals surface area contributed by atoms with Gasteiger partial charge < -0.3 is 10.5 Å². The van der Waals surface area contributed by atoms with Crippen molar-refractivity contribution in [1.29, 1.82) is 0 Å². The topological polar surface area (TPSA) is 81.4 Å². The Labute approximate surface area is 118 Å². The highest BCUT2D eigenvalue weighted by Crippen LogP contribution is 2.27. The summed E-state index contributed by atoms with van der Waals surface area (Å²) in [6.07, 6.45) is 1.43. The van der Waals surface area contributed by atoms with Crippen molar-refractivity contribution in [2.75, 3.05) is 12.3 Å². The summed E-state index contributed by atoms with van der Waals surface area (Å²) in [6.45, 7) is 4.07. The quantitative estimate of drug-likeness (QED) is 0.809. The van der Waals surface area contributed by atoms with E-state index in [1.54, 1.807) is 6.92 Å². The summed E-state index contributed by atoms with van der Waals surface area (Å²) < 4.78 is 45.8. The zero-order valence-corrected chi connectivity index (χ0v) is 12.3. The smallest absolute Gasteiger partial charge is 0.241 e. The maximum absolute atomic E-state index is 13.3. The Morgan fingerprint density at radius 2 is 2.10 bits per heavy atom. The molecule has 0 radical (unpaired) electrons. The van der Waals surface area contributed by atoms with Gasteiger partial charge in [0.15, 0.2) is 0 Å².